The van der Waals surface area contributed by atoms with Crippen molar-refractivity contribution in [3.8, 4) is 34.7 Å². The maximum absolute atomic E-state index is 13.6. The molecule has 3 heterocycles. The van der Waals surface area contributed by atoms with Gasteiger partial charge in [0.05, 0.1) is 17.2 Å². The van der Waals surface area contributed by atoms with Crippen LogP contribution in [0.5, 0.6) is 11.5 Å². The van der Waals surface area contributed by atoms with Crippen LogP contribution in [0.3, 0.4) is 0 Å². The van der Waals surface area contributed by atoms with Gasteiger partial charge in [-0.05, 0) is 116 Å². The summed E-state index contributed by atoms with van der Waals surface area (Å²) in [5, 5.41) is 8.39. The molecule has 10 nitrogen and oxygen atoms in total. The lowest BCUT2D eigenvalue weighted by Crippen LogP contribution is -2.28. The number of rotatable bonds is 13. The van der Waals surface area contributed by atoms with Crippen LogP contribution in [0.1, 0.15) is 83.7 Å². The first kappa shape index (κ1) is 38.2. The molecule has 56 heavy (non-hydrogen) atoms. The molecule has 1 unspecified atom stereocenters. The van der Waals surface area contributed by atoms with Gasteiger partial charge in [-0.3, -0.25) is 19.7 Å². The number of aryl methyl sites for hydroxylation is 2. The van der Waals surface area contributed by atoms with E-state index in [0.717, 1.165) is 55.2 Å². The Labute approximate surface area is 324 Å². The Morgan fingerprint density at radius 3 is 2.54 bits per heavy atom. The predicted octanol–water partition coefficient (Wildman–Crippen LogP) is 7.67. The van der Waals surface area contributed by atoms with Crippen LogP contribution >= 0.6 is 0 Å². The number of alkyl halides is 2. The van der Waals surface area contributed by atoms with Crippen molar-refractivity contribution in [3.05, 3.63) is 119 Å². The molecule has 288 valence electrons. The summed E-state index contributed by atoms with van der Waals surface area (Å²) in [5.41, 5.74) is 4.78. The van der Waals surface area contributed by atoms with Crippen LogP contribution in [0.25, 0.3) is 11.3 Å². The van der Waals surface area contributed by atoms with Gasteiger partial charge in [0.15, 0.2) is 11.5 Å². The summed E-state index contributed by atoms with van der Waals surface area (Å²) in [7, 11) is 0. The van der Waals surface area contributed by atoms with Crippen molar-refractivity contribution in [2.45, 2.75) is 82.2 Å². The van der Waals surface area contributed by atoms with E-state index in [4.69, 9.17) is 9.72 Å². The fraction of sp³-hybridized carbons (Fsp3) is 0.318. The number of fused-ring (bicyclic) bond motifs is 1. The fourth-order valence-electron chi connectivity index (χ4n) is 7.00. The lowest BCUT2D eigenvalue weighted by Gasteiger charge is -2.17. The van der Waals surface area contributed by atoms with Crippen molar-refractivity contribution in [1.82, 2.24) is 15.6 Å². The fourth-order valence-corrected chi connectivity index (χ4v) is 7.00. The normalized spacial score (nSPS) is 18.3. The van der Waals surface area contributed by atoms with Crippen molar-refractivity contribution < 1.29 is 37.4 Å². The van der Waals surface area contributed by atoms with Gasteiger partial charge in [-0.2, -0.15) is 0 Å². The largest absolute Gasteiger partial charge is 0.586 e. The van der Waals surface area contributed by atoms with Crippen LogP contribution in [0.4, 0.5) is 14.6 Å². The third kappa shape index (κ3) is 8.90. The van der Waals surface area contributed by atoms with E-state index in [0.29, 0.717) is 42.0 Å². The van der Waals surface area contributed by atoms with Gasteiger partial charge >= 0.3 is 6.29 Å². The number of unbranched alkanes of at least 4 members (excludes halogenated alkanes) is 2. The Bertz CT molecular complexity index is 2210. The van der Waals surface area contributed by atoms with E-state index in [1.54, 1.807) is 24.3 Å². The topological polar surface area (TPSA) is 128 Å². The quantitative estimate of drug-likeness (QED) is 0.0553. The van der Waals surface area contributed by atoms with Crippen molar-refractivity contribution in [3.63, 3.8) is 0 Å². The molecule has 3 amide bonds. The molecule has 2 fully saturated rings. The number of nitrogens with zero attached hydrogens (tertiary/aromatic N) is 1. The summed E-state index contributed by atoms with van der Waals surface area (Å²) >= 11 is 0. The van der Waals surface area contributed by atoms with Gasteiger partial charge in [-0.25, -0.2) is 4.98 Å². The van der Waals surface area contributed by atoms with Gasteiger partial charge in [0.25, 0.3) is 11.8 Å². The van der Waals surface area contributed by atoms with Crippen LogP contribution in [-0.2, 0) is 26.2 Å². The minimum absolute atomic E-state index is 0.0136. The zero-order chi connectivity index (χ0) is 39.3. The number of pyridine rings is 1. The monoisotopic (exact) mass is 760 g/mol. The van der Waals surface area contributed by atoms with E-state index in [-0.39, 0.29) is 41.4 Å². The number of ether oxygens (including phenoxy) is 3. The first-order chi connectivity index (χ1) is 27.0. The zero-order valence-corrected chi connectivity index (χ0v) is 31.0. The molecule has 3 N–H and O–H groups in total. The number of amides is 3. The van der Waals surface area contributed by atoms with E-state index in [1.165, 1.54) is 23.8 Å². The standard InChI is InChI=1S/C44H42F2N4O6/c1-3-39(51)47-25-21-34-17-19-35(54-34)30-14-12-29(13-15-30)8-5-4-6-24-48-41(52)32-10-7-9-31(26-32)40-28(2)11-20-38(49-40)50-42(53)43(22-23-43)33-16-18-36-37(27-33)56-44(45,46)55-36/h3,7,9-16,18,20,26-27,34-35H,1,4-6,8,17,19,22-24H2,2H3,(H,47,51)(H,48,52)(H,49,50,53)/t34?,35-/m0/s1. The molecule has 7 rings (SSSR count). The third-order valence-electron chi connectivity index (χ3n) is 10.3. The Hall–Kier alpha value is -6.06. The Morgan fingerprint density at radius 1 is 0.946 bits per heavy atom. The van der Waals surface area contributed by atoms with Crippen LogP contribution in [-0.4, -0.2) is 41.6 Å². The minimum atomic E-state index is -3.73. The second kappa shape index (κ2) is 16.4. The van der Waals surface area contributed by atoms with Crippen molar-refractivity contribution in [1.29, 1.82) is 0 Å². The molecule has 0 radical (unpaired) electrons. The SMILES string of the molecule is C=CC(=O)NC#CC1CC[C@@H](c2ccc(CCCCCNC(=O)c3cccc(-c4nc(NC(=O)C5(c6ccc7c(c6)OC(F)(F)O7)CC5)ccc4C)c3)cc2)O1. The van der Waals surface area contributed by atoms with Crippen LogP contribution in [0, 0.1) is 18.9 Å². The lowest BCUT2D eigenvalue weighted by atomic mass is 9.94. The molecule has 1 aromatic heterocycles. The average molecular weight is 761 g/mol. The highest BCUT2D eigenvalue weighted by Gasteiger charge is 2.53. The molecular formula is C44H42F2N4O6. The molecule has 1 saturated heterocycles. The number of anilines is 1. The molecule has 1 saturated carbocycles. The molecule has 1 aliphatic carbocycles. The highest BCUT2D eigenvalue weighted by atomic mass is 19.3. The molecule has 12 heteroatoms. The third-order valence-corrected chi connectivity index (χ3v) is 10.3. The number of benzene rings is 3. The van der Waals surface area contributed by atoms with Gasteiger partial charge in [0.2, 0.25) is 5.91 Å². The molecule has 3 aromatic carbocycles. The van der Waals surface area contributed by atoms with E-state index in [2.05, 4.69) is 68.2 Å². The minimum Gasteiger partial charge on any atom is -0.395 e. The molecule has 2 aliphatic heterocycles. The number of hydrogen-bond donors (Lipinski definition) is 3. The van der Waals surface area contributed by atoms with Gasteiger partial charge in [0.1, 0.15) is 11.9 Å². The maximum atomic E-state index is 13.6. The summed E-state index contributed by atoms with van der Waals surface area (Å²) in [5.74, 6) is 2.32. The number of aromatic nitrogens is 1. The summed E-state index contributed by atoms with van der Waals surface area (Å²) in [4.78, 5) is 42.6. The molecule has 0 bridgehead atoms. The average Bonchev–Trinajstić information content (AvgIpc) is 3.77. The molecular weight excluding hydrogens is 719 g/mol. The Balaban J connectivity index is 0.864. The Morgan fingerprint density at radius 2 is 1.75 bits per heavy atom. The highest BCUT2D eigenvalue weighted by molar-refractivity contribution is 6.01. The second-order valence-corrected chi connectivity index (χ2v) is 14.3. The lowest BCUT2D eigenvalue weighted by molar-refractivity contribution is -0.286. The van der Waals surface area contributed by atoms with Crippen LogP contribution in [0.2, 0.25) is 0 Å². The number of nitrogens with one attached hydrogen (secondary N) is 3. The number of carbonyl (C=O) groups is 3. The van der Waals surface area contributed by atoms with Gasteiger partial charge in [0, 0.05) is 23.7 Å². The first-order valence-electron chi connectivity index (χ1n) is 18.8. The van der Waals surface area contributed by atoms with E-state index >= 15 is 0 Å². The number of hydrogen-bond acceptors (Lipinski definition) is 7. The van der Waals surface area contributed by atoms with Crippen molar-refractivity contribution >= 4 is 23.5 Å². The molecule has 4 aromatic rings. The van der Waals surface area contributed by atoms with Gasteiger partial charge in [-0.1, -0.05) is 61.5 Å². The smallest absolute Gasteiger partial charge is 0.395 e. The van der Waals surface area contributed by atoms with E-state index in [9.17, 15) is 23.2 Å². The molecule has 3 aliphatic rings. The Kier molecular flexibility index (Phi) is 11.2. The summed E-state index contributed by atoms with van der Waals surface area (Å²) in [6, 6.07) is 26.4. The predicted molar refractivity (Wildman–Crippen MR) is 206 cm³/mol. The number of halogens is 2. The van der Waals surface area contributed by atoms with Crippen molar-refractivity contribution in [2.24, 2.45) is 0 Å². The molecule has 0 spiro atoms. The summed E-state index contributed by atoms with van der Waals surface area (Å²) < 4.78 is 42.3. The van der Waals surface area contributed by atoms with Crippen LogP contribution < -0.4 is 25.4 Å². The zero-order valence-electron chi connectivity index (χ0n) is 31.0. The van der Waals surface area contributed by atoms with Gasteiger partial charge in [-0.15, -0.1) is 8.78 Å². The first-order valence-corrected chi connectivity index (χ1v) is 18.8. The summed E-state index contributed by atoms with van der Waals surface area (Å²) in [6.07, 6.45) is 3.74. The van der Waals surface area contributed by atoms with Crippen molar-refractivity contribution in [2.75, 3.05) is 11.9 Å². The second-order valence-electron chi connectivity index (χ2n) is 14.3. The van der Waals surface area contributed by atoms with Gasteiger partial charge < -0.3 is 24.8 Å². The molecule has 2 atom stereocenters. The van der Waals surface area contributed by atoms with E-state index in [1.807, 2.05) is 25.1 Å². The maximum Gasteiger partial charge on any atom is 0.586 e. The van der Waals surface area contributed by atoms with Crippen LogP contribution in [0.15, 0.2) is 91.5 Å². The highest BCUT2D eigenvalue weighted by Crippen LogP contribution is 2.52. The van der Waals surface area contributed by atoms with E-state index < -0.39 is 11.7 Å². The summed E-state index contributed by atoms with van der Waals surface area (Å²) in [6.45, 7) is 5.87. The number of carbonyl (C=O) groups excluding carboxylic acids is 3.